The zero-order chi connectivity index (χ0) is 15.1. The smallest absolute Gasteiger partial charge is 0.242 e. The van der Waals surface area contributed by atoms with Crippen LogP contribution in [0.15, 0.2) is 30.3 Å². The number of carbonyl (C=O) groups excluding carboxylic acids is 1. The number of hydrogen-bond acceptors (Lipinski definition) is 3. The van der Waals surface area contributed by atoms with Crippen LogP contribution >= 0.6 is 11.6 Å². The summed E-state index contributed by atoms with van der Waals surface area (Å²) in [7, 11) is 2.15. The zero-order valence-electron chi connectivity index (χ0n) is 12.6. The molecular formula is C16H24ClN3O. The van der Waals surface area contributed by atoms with Crippen molar-refractivity contribution in [2.45, 2.75) is 11.8 Å². The first-order chi connectivity index (χ1) is 10.2. The van der Waals surface area contributed by atoms with Crippen molar-refractivity contribution in [3.63, 3.8) is 0 Å². The SMILES string of the molecule is CN1CCN(CCCNC(=O)C(Cl)c2ccccc2)CC1. The van der Waals surface area contributed by atoms with Crippen LogP contribution < -0.4 is 5.32 Å². The van der Waals surface area contributed by atoms with Gasteiger partial charge in [0.25, 0.3) is 0 Å². The second kappa shape index (κ2) is 8.37. The van der Waals surface area contributed by atoms with E-state index in [4.69, 9.17) is 11.6 Å². The molecule has 5 heteroatoms. The summed E-state index contributed by atoms with van der Waals surface area (Å²) < 4.78 is 0. The van der Waals surface area contributed by atoms with E-state index < -0.39 is 5.38 Å². The Labute approximate surface area is 132 Å². The summed E-state index contributed by atoms with van der Waals surface area (Å²) in [6.07, 6.45) is 0.966. The Hall–Kier alpha value is -1.10. The van der Waals surface area contributed by atoms with E-state index in [0.29, 0.717) is 6.54 Å². The van der Waals surface area contributed by atoms with E-state index in [-0.39, 0.29) is 5.91 Å². The molecule has 1 N–H and O–H groups in total. The van der Waals surface area contributed by atoms with Crippen LogP contribution in [0.4, 0.5) is 0 Å². The van der Waals surface area contributed by atoms with Crippen LogP contribution in [0.3, 0.4) is 0 Å². The highest BCUT2D eigenvalue weighted by Gasteiger charge is 2.17. The van der Waals surface area contributed by atoms with Gasteiger partial charge in [0, 0.05) is 32.7 Å². The van der Waals surface area contributed by atoms with Gasteiger partial charge in [-0.3, -0.25) is 4.79 Å². The molecule has 0 radical (unpaired) electrons. The van der Waals surface area contributed by atoms with Crippen molar-refractivity contribution in [3.05, 3.63) is 35.9 Å². The van der Waals surface area contributed by atoms with Crippen LogP contribution in [0.5, 0.6) is 0 Å². The summed E-state index contributed by atoms with van der Waals surface area (Å²) >= 11 is 6.17. The summed E-state index contributed by atoms with van der Waals surface area (Å²) in [6.45, 7) is 6.21. The quantitative estimate of drug-likeness (QED) is 0.642. The molecule has 1 aliphatic heterocycles. The van der Waals surface area contributed by atoms with Crippen LogP contribution in [0.1, 0.15) is 17.4 Å². The molecule has 1 unspecified atom stereocenters. The van der Waals surface area contributed by atoms with E-state index in [1.807, 2.05) is 30.3 Å². The van der Waals surface area contributed by atoms with Gasteiger partial charge in [-0.25, -0.2) is 0 Å². The number of benzene rings is 1. The highest BCUT2D eigenvalue weighted by atomic mass is 35.5. The van der Waals surface area contributed by atoms with Gasteiger partial charge in [-0.1, -0.05) is 30.3 Å². The second-order valence-corrected chi connectivity index (χ2v) is 6.00. The number of piperazine rings is 1. The molecule has 1 aromatic rings. The monoisotopic (exact) mass is 309 g/mol. The first-order valence-electron chi connectivity index (χ1n) is 7.54. The molecule has 1 amide bonds. The number of nitrogens with zero attached hydrogens (tertiary/aromatic N) is 2. The van der Waals surface area contributed by atoms with Crippen molar-refractivity contribution in [1.82, 2.24) is 15.1 Å². The summed E-state index contributed by atoms with van der Waals surface area (Å²) in [5.41, 5.74) is 0.843. The fourth-order valence-corrected chi connectivity index (χ4v) is 2.67. The first kappa shape index (κ1) is 16.3. The lowest BCUT2D eigenvalue weighted by Crippen LogP contribution is -2.45. The largest absolute Gasteiger partial charge is 0.354 e. The number of hydrogen-bond donors (Lipinski definition) is 1. The van der Waals surface area contributed by atoms with E-state index in [2.05, 4.69) is 22.2 Å². The lowest BCUT2D eigenvalue weighted by atomic mass is 10.1. The Balaban J connectivity index is 1.63. The van der Waals surface area contributed by atoms with Crippen LogP contribution in [-0.2, 0) is 4.79 Å². The molecule has 21 heavy (non-hydrogen) atoms. The van der Waals surface area contributed by atoms with Crippen molar-refractivity contribution in [3.8, 4) is 0 Å². The molecule has 0 saturated carbocycles. The minimum absolute atomic E-state index is 0.110. The molecule has 1 aliphatic rings. The van der Waals surface area contributed by atoms with Gasteiger partial charge >= 0.3 is 0 Å². The topological polar surface area (TPSA) is 35.6 Å². The number of alkyl halides is 1. The van der Waals surface area contributed by atoms with Crippen molar-refractivity contribution >= 4 is 17.5 Å². The average molecular weight is 310 g/mol. The predicted octanol–water partition coefficient (Wildman–Crippen LogP) is 1.72. The lowest BCUT2D eigenvalue weighted by molar-refractivity contribution is -0.120. The predicted molar refractivity (Wildman–Crippen MR) is 86.6 cm³/mol. The molecule has 1 atom stereocenters. The number of amides is 1. The summed E-state index contributed by atoms with van der Waals surface area (Å²) in [6, 6.07) is 9.46. The van der Waals surface area contributed by atoms with Gasteiger partial charge in [0.1, 0.15) is 5.38 Å². The summed E-state index contributed by atoms with van der Waals surface area (Å²) in [5.74, 6) is -0.110. The Kier molecular flexibility index (Phi) is 6.49. The van der Waals surface area contributed by atoms with Gasteiger partial charge in [-0.15, -0.1) is 11.6 Å². The fourth-order valence-electron chi connectivity index (χ4n) is 2.45. The van der Waals surface area contributed by atoms with E-state index >= 15 is 0 Å². The third-order valence-electron chi connectivity index (χ3n) is 3.87. The number of nitrogens with one attached hydrogen (secondary N) is 1. The van der Waals surface area contributed by atoms with E-state index in [1.165, 1.54) is 0 Å². The van der Waals surface area contributed by atoms with Gasteiger partial charge in [0.2, 0.25) is 5.91 Å². The second-order valence-electron chi connectivity index (χ2n) is 5.56. The maximum absolute atomic E-state index is 12.0. The van der Waals surface area contributed by atoms with Crippen LogP contribution in [0, 0.1) is 0 Å². The molecule has 1 saturated heterocycles. The number of rotatable bonds is 6. The molecule has 1 heterocycles. The van der Waals surface area contributed by atoms with Crippen molar-refractivity contribution < 1.29 is 4.79 Å². The third-order valence-corrected chi connectivity index (χ3v) is 4.32. The van der Waals surface area contributed by atoms with Gasteiger partial charge < -0.3 is 15.1 Å². The van der Waals surface area contributed by atoms with Crippen LogP contribution in [0.25, 0.3) is 0 Å². The highest BCUT2D eigenvalue weighted by molar-refractivity contribution is 6.30. The molecular weight excluding hydrogens is 286 g/mol. The van der Waals surface area contributed by atoms with Crippen LogP contribution in [0.2, 0.25) is 0 Å². The van der Waals surface area contributed by atoms with Crippen molar-refractivity contribution in [1.29, 1.82) is 0 Å². The zero-order valence-corrected chi connectivity index (χ0v) is 13.4. The van der Waals surface area contributed by atoms with Gasteiger partial charge in [0.05, 0.1) is 0 Å². The summed E-state index contributed by atoms with van der Waals surface area (Å²) in [4.78, 5) is 16.8. The molecule has 0 bridgehead atoms. The van der Waals surface area contributed by atoms with E-state index in [0.717, 1.165) is 44.7 Å². The molecule has 0 spiro atoms. The Bertz CT molecular complexity index is 432. The molecule has 2 rings (SSSR count). The minimum Gasteiger partial charge on any atom is -0.354 e. The van der Waals surface area contributed by atoms with Crippen molar-refractivity contribution in [2.75, 3.05) is 46.3 Å². The molecule has 0 aliphatic carbocycles. The fraction of sp³-hybridized carbons (Fsp3) is 0.562. The average Bonchev–Trinajstić information content (AvgIpc) is 2.53. The third kappa shape index (κ3) is 5.30. The van der Waals surface area contributed by atoms with Gasteiger partial charge in [-0.2, -0.15) is 0 Å². The van der Waals surface area contributed by atoms with E-state index in [1.54, 1.807) is 0 Å². The summed E-state index contributed by atoms with van der Waals surface area (Å²) in [5, 5.41) is 2.32. The van der Waals surface area contributed by atoms with Gasteiger partial charge in [-0.05, 0) is 25.6 Å². The minimum atomic E-state index is -0.602. The molecule has 4 nitrogen and oxygen atoms in total. The maximum atomic E-state index is 12.0. The Morgan fingerprint density at radius 2 is 1.90 bits per heavy atom. The molecule has 0 aromatic heterocycles. The molecule has 116 valence electrons. The number of carbonyl (C=O) groups is 1. The maximum Gasteiger partial charge on any atom is 0.242 e. The first-order valence-corrected chi connectivity index (χ1v) is 7.98. The molecule has 1 fully saturated rings. The Morgan fingerprint density at radius 1 is 1.24 bits per heavy atom. The van der Waals surface area contributed by atoms with Crippen LogP contribution in [-0.4, -0.2) is 62.0 Å². The molecule has 1 aromatic carbocycles. The number of halogens is 1. The lowest BCUT2D eigenvalue weighted by Gasteiger charge is -2.32. The highest BCUT2D eigenvalue weighted by Crippen LogP contribution is 2.19. The van der Waals surface area contributed by atoms with Gasteiger partial charge in [0.15, 0.2) is 0 Å². The normalized spacial score (nSPS) is 18.4. The van der Waals surface area contributed by atoms with Crippen molar-refractivity contribution in [2.24, 2.45) is 0 Å². The Morgan fingerprint density at radius 3 is 2.57 bits per heavy atom. The van der Waals surface area contributed by atoms with E-state index in [9.17, 15) is 4.79 Å². The number of likely N-dealkylation sites (N-methyl/N-ethyl adjacent to an activating group) is 1. The standard InChI is InChI=1S/C16H24ClN3O/c1-19-10-12-20(13-11-19)9-5-8-18-16(21)15(17)14-6-3-2-4-7-14/h2-4,6-7,15H,5,8-13H2,1H3,(H,18,21).